The maximum atomic E-state index is 12.4. The van der Waals surface area contributed by atoms with E-state index in [-0.39, 0.29) is 11.7 Å². The first-order valence-electron chi connectivity index (χ1n) is 8.75. The number of amides is 1. The van der Waals surface area contributed by atoms with Gasteiger partial charge < -0.3 is 15.9 Å². The summed E-state index contributed by atoms with van der Waals surface area (Å²) in [7, 11) is 0. The molecule has 28 heavy (non-hydrogen) atoms. The summed E-state index contributed by atoms with van der Waals surface area (Å²) >= 11 is 7.32. The Bertz CT molecular complexity index is 991. The molecule has 1 aliphatic carbocycles. The van der Waals surface area contributed by atoms with Crippen LogP contribution in [0.25, 0.3) is 0 Å². The molecule has 4 rings (SSSR count). The molecule has 3 N–H and O–H groups in total. The van der Waals surface area contributed by atoms with E-state index in [9.17, 15) is 4.79 Å². The number of ether oxygens (including phenoxy) is 1. The van der Waals surface area contributed by atoms with Crippen LogP contribution < -0.4 is 15.9 Å². The van der Waals surface area contributed by atoms with Gasteiger partial charge >= 0.3 is 0 Å². The van der Waals surface area contributed by atoms with Gasteiger partial charge in [-0.25, -0.2) is 4.68 Å². The van der Waals surface area contributed by atoms with Gasteiger partial charge in [-0.15, -0.1) is 10.2 Å². The van der Waals surface area contributed by atoms with E-state index in [1.807, 2.05) is 30.3 Å². The Morgan fingerprint density at radius 1 is 1.25 bits per heavy atom. The lowest BCUT2D eigenvalue weighted by atomic mass is 10.3. The van der Waals surface area contributed by atoms with Gasteiger partial charge in [0.25, 0.3) is 0 Å². The molecule has 2 aromatic carbocycles. The maximum absolute atomic E-state index is 12.4. The highest BCUT2D eigenvalue weighted by molar-refractivity contribution is 7.99. The first kappa shape index (κ1) is 18.6. The summed E-state index contributed by atoms with van der Waals surface area (Å²) in [5.41, 5.74) is 0.495. The topological polar surface area (TPSA) is 95.1 Å². The summed E-state index contributed by atoms with van der Waals surface area (Å²) in [4.78, 5) is 12.4. The standard InChI is InChI=1S/C19H18ClN5O2S/c20-13-8-9-16(27-14-4-2-1-3-5-14)15(10-13)22-17(26)11-28-19-24-23-18(25(19)21)12-6-7-12/h1-5,8-10,12H,6-7,11,21H2,(H,22,26). The molecular formula is C19H18ClN5O2S. The number of nitrogens with one attached hydrogen (secondary N) is 1. The first-order chi connectivity index (χ1) is 13.6. The number of hydrogen-bond acceptors (Lipinski definition) is 6. The van der Waals surface area contributed by atoms with Gasteiger partial charge in [0.05, 0.1) is 11.4 Å². The van der Waals surface area contributed by atoms with Gasteiger partial charge in [-0.2, -0.15) is 0 Å². The number of aromatic nitrogens is 3. The Hall–Kier alpha value is -2.71. The molecular weight excluding hydrogens is 398 g/mol. The molecule has 0 unspecified atom stereocenters. The molecule has 0 saturated heterocycles. The van der Waals surface area contributed by atoms with Crippen molar-refractivity contribution in [2.45, 2.75) is 23.9 Å². The Morgan fingerprint density at radius 3 is 2.79 bits per heavy atom. The van der Waals surface area contributed by atoms with E-state index in [0.29, 0.717) is 33.3 Å². The van der Waals surface area contributed by atoms with Crippen LogP contribution in [0.15, 0.2) is 53.7 Å². The second-order valence-electron chi connectivity index (χ2n) is 6.38. The molecule has 3 aromatic rings. The van der Waals surface area contributed by atoms with E-state index < -0.39 is 0 Å². The molecule has 0 atom stereocenters. The molecule has 0 bridgehead atoms. The van der Waals surface area contributed by atoms with Crippen molar-refractivity contribution in [1.29, 1.82) is 0 Å². The number of anilines is 1. The lowest BCUT2D eigenvalue weighted by Crippen LogP contribution is -2.17. The summed E-state index contributed by atoms with van der Waals surface area (Å²) < 4.78 is 7.33. The predicted molar refractivity (Wildman–Crippen MR) is 109 cm³/mol. The minimum atomic E-state index is -0.221. The normalized spacial score (nSPS) is 13.3. The van der Waals surface area contributed by atoms with Crippen LogP contribution in [0, 0.1) is 0 Å². The second kappa shape index (κ2) is 8.12. The summed E-state index contributed by atoms with van der Waals surface area (Å²) in [6.45, 7) is 0. The molecule has 1 aromatic heterocycles. The van der Waals surface area contributed by atoms with E-state index in [0.717, 1.165) is 18.7 Å². The van der Waals surface area contributed by atoms with Crippen molar-refractivity contribution in [2.24, 2.45) is 0 Å². The summed E-state index contributed by atoms with van der Waals surface area (Å²) in [6, 6.07) is 14.4. The molecule has 0 spiro atoms. The van der Waals surface area contributed by atoms with E-state index in [2.05, 4.69) is 15.5 Å². The molecule has 1 aliphatic rings. The van der Waals surface area contributed by atoms with Gasteiger partial charge in [-0.3, -0.25) is 4.79 Å². The third-order valence-electron chi connectivity index (χ3n) is 4.15. The van der Waals surface area contributed by atoms with Gasteiger partial charge in [0.1, 0.15) is 5.75 Å². The largest absolute Gasteiger partial charge is 0.455 e. The van der Waals surface area contributed by atoms with Gasteiger partial charge in [-0.1, -0.05) is 41.6 Å². The van der Waals surface area contributed by atoms with Crippen molar-refractivity contribution in [3.63, 3.8) is 0 Å². The SMILES string of the molecule is Nn1c(SCC(=O)Nc2cc(Cl)ccc2Oc2ccccc2)nnc1C1CC1. The molecule has 1 amide bonds. The number of hydrogen-bond donors (Lipinski definition) is 2. The Kier molecular flexibility index (Phi) is 5.40. The number of para-hydroxylation sites is 1. The number of benzene rings is 2. The number of nitrogens with zero attached hydrogens (tertiary/aromatic N) is 3. The van der Waals surface area contributed by atoms with Crippen LogP contribution in [-0.4, -0.2) is 26.5 Å². The highest BCUT2D eigenvalue weighted by Gasteiger charge is 2.30. The lowest BCUT2D eigenvalue weighted by molar-refractivity contribution is -0.113. The quantitative estimate of drug-likeness (QED) is 0.446. The zero-order chi connectivity index (χ0) is 19.5. The molecule has 1 heterocycles. The number of rotatable bonds is 7. The first-order valence-corrected chi connectivity index (χ1v) is 10.1. The lowest BCUT2D eigenvalue weighted by Gasteiger charge is -2.12. The summed E-state index contributed by atoms with van der Waals surface area (Å²) in [5.74, 6) is 8.27. The van der Waals surface area contributed by atoms with Crippen molar-refractivity contribution >= 4 is 35.0 Å². The fraction of sp³-hybridized carbons (Fsp3) is 0.211. The highest BCUT2D eigenvalue weighted by Crippen LogP contribution is 2.39. The number of carbonyl (C=O) groups excluding carboxylic acids is 1. The van der Waals surface area contributed by atoms with Crippen LogP contribution in [0.1, 0.15) is 24.6 Å². The Morgan fingerprint density at radius 2 is 2.04 bits per heavy atom. The average molecular weight is 416 g/mol. The van der Waals surface area contributed by atoms with Crippen molar-refractivity contribution < 1.29 is 9.53 Å². The molecule has 0 aliphatic heterocycles. The third kappa shape index (κ3) is 4.40. The van der Waals surface area contributed by atoms with Crippen molar-refractivity contribution in [2.75, 3.05) is 16.9 Å². The zero-order valence-corrected chi connectivity index (χ0v) is 16.4. The predicted octanol–water partition coefficient (Wildman–Crippen LogP) is 4.05. The van der Waals surface area contributed by atoms with Crippen molar-refractivity contribution in [3.05, 3.63) is 59.4 Å². The van der Waals surface area contributed by atoms with Gasteiger partial charge in [0.15, 0.2) is 11.6 Å². The smallest absolute Gasteiger partial charge is 0.234 e. The fourth-order valence-corrected chi connectivity index (χ4v) is 3.46. The number of halogens is 1. The Labute approximate surface area is 171 Å². The van der Waals surface area contributed by atoms with Crippen molar-refractivity contribution in [1.82, 2.24) is 14.9 Å². The van der Waals surface area contributed by atoms with Crippen LogP contribution in [0.4, 0.5) is 5.69 Å². The molecule has 1 saturated carbocycles. The molecule has 1 fully saturated rings. The van der Waals surface area contributed by atoms with Gasteiger partial charge in [-0.05, 0) is 43.2 Å². The summed E-state index contributed by atoms with van der Waals surface area (Å²) in [6.07, 6.45) is 2.17. The number of nitrogen functional groups attached to an aromatic ring is 1. The Balaban J connectivity index is 1.41. The van der Waals surface area contributed by atoms with Gasteiger partial charge in [0.2, 0.25) is 11.1 Å². The van der Waals surface area contributed by atoms with Crippen LogP contribution in [0.5, 0.6) is 11.5 Å². The van der Waals surface area contributed by atoms with E-state index in [1.165, 1.54) is 16.4 Å². The summed E-state index contributed by atoms with van der Waals surface area (Å²) in [5, 5.41) is 12.0. The average Bonchev–Trinajstić information content (AvgIpc) is 3.46. The van der Waals surface area contributed by atoms with Gasteiger partial charge in [0, 0.05) is 10.9 Å². The van der Waals surface area contributed by atoms with E-state index in [1.54, 1.807) is 18.2 Å². The number of nitrogens with two attached hydrogens (primary N) is 1. The highest BCUT2D eigenvalue weighted by atomic mass is 35.5. The molecule has 0 radical (unpaired) electrons. The minimum absolute atomic E-state index is 0.136. The third-order valence-corrected chi connectivity index (χ3v) is 5.33. The molecule has 9 heteroatoms. The minimum Gasteiger partial charge on any atom is -0.455 e. The van der Waals surface area contributed by atoms with Crippen LogP contribution in [0.2, 0.25) is 5.02 Å². The van der Waals surface area contributed by atoms with Crippen LogP contribution >= 0.6 is 23.4 Å². The number of carbonyl (C=O) groups is 1. The van der Waals surface area contributed by atoms with E-state index >= 15 is 0 Å². The number of thioether (sulfide) groups is 1. The maximum Gasteiger partial charge on any atom is 0.234 e. The monoisotopic (exact) mass is 415 g/mol. The zero-order valence-electron chi connectivity index (χ0n) is 14.8. The molecule has 144 valence electrons. The fourth-order valence-electron chi connectivity index (χ4n) is 2.63. The van der Waals surface area contributed by atoms with Crippen molar-refractivity contribution in [3.8, 4) is 11.5 Å². The van der Waals surface area contributed by atoms with E-state index in [4.69, 9.17) is 22.2 Å². The molecule has 7 nitrogen and oxygen atoms in total. The van der Waals surface area contributed by atoms with Crippen LogP contribution in [-0.2, 0) is 4.79 Å². The van der Waals surface area contributed by atoms with Crippen LogP contribution in [0.3, 0.4) is 0 Å². The second-order valence-corrected chi connectivity index (χ2v) is 7.76.